The van der Waals surface area contributed by atoms with Crippen molar-refractivity contribution in [1.29, 1.82) is 0 Å². The molecule has 1 aliphatic carbocycles. The van der Waals surface area contributed by atoms with Gasteiger partial charge in [0, 0.05) is 12.1 Å². The van der Waals surface area contributed by atoms with Crippen LogP contribution in [0.4, 0.5) is 4.39 Å². The molecular formula is C12H12ClFN2. The quantitative estimate of drug-likeness (QED) is 0.728. The normalized spacial score (nSPS) is 17.9. The van der Waals surface area contributed by atoms with Crippen molar-refractivity contribution in [1.82, 2.24) is 9.55 Å². The van der Waals surface area contributed by atoms with E-state index < -0.39 is 0 Å². The summed E-state index contributed by atoms with van der Waals surface area (Å²) >= 11 is 6.11. The number of benzene rings is 1. The van der Waals surface area contributed by atoms with Crippen LogP contribution < -0.4 is 0 Å². The Morgan fingerprint density at radius 1 is 1.50 bits per heavy atom. The molecule has 0 bridgehead atoms. The molecule has 0 saturated heterocycles. The topological polar surface area (TPSA) is 17.8 Å². The molecule has 2 nitrogen and oxygen atoms in total. The van der Waals surface area contributed by atoms with E-state index in [0.717, 1.165) is 11.3 Å². The molecule has 1 aliphatic rings. The van der Waals surface area contributed by atoms with Crippen LogP contribution in [0, 0.1) is 5.82 Å². The summed E-state index contributed by atoms with van der Waals surface area (Å²) in [5.74, 6) is 0.603. The number of nitrogens with zero attached hydrogens (tertiary/aromatic N) is 2. The lowest BCUT2D eigenvalue weighted by molar-refractivity contribution is 0.629. The first kappa shape index (κ1) is 10.1. The molecule has 3 rings (SSSR count). The fraction of sp³-hybridized carbons (Fsp3) is 0.417. The van der Waals surface area contributed by atoms with Crippen LogP contribution in [0.2, 0.25) is 0 Å². The largest absolute Gasteiger partial charge is 0.324 e. The van der Waals surface area contributed by atoms with Crippen molar-refractivity contribution in [3.8, 4) is 0 Å². The number of alkyl halides is 1. The number of rotatable bonds is 2. The average Bonchev–Trinajstić information content (AvgIpc) is 2.99. The molecule has 1 atom stereocenters. The summed E-state index contributed by atoms with van der Waals surface area (Å²) in [6.07, 6.45) is 2.33. The fourth-order valence-corrected chi connectivity index (χ4v) is 2.24. The first-order valence-electron chi connectivity index (χ1n) is 5.48. The Labute approximate surface area is 98.0 Å². The zero-order valence-electron chi connectivity index (χ0n) is 8.95. The number of hydrogen-bond acceptors (Lipinski definition) is 1. The van der Waals surface area contributed by atoms with Gasteiger partial charge in [0.1, 0.15) is 11.6 Å². The monoisotopic (exact) mass is 238 g/mol. The molecule has 0 N–H and O–H groups in total. The minimum atomic E-state index is -0.248. The molecule has 84 valence electrons. The zero-order valence-corrected chi connectivity index (χ0v) is 9.71. The maximum absolute atomic E-state index is 13.1. The summed E-state index contributed by atoms with van der Waals surface area (Å²) in [5, 5.41) is -0.143. The summed E-state index contributed by atoms with van der Waals surface area (Å²) in [6, 6.07) is 5.24. The Balaban J connectivity index is 2.28. The Kier molecular flexibility index (Phi) is 2.18. The molecule has 1 fully saturated rings. The zero-order chi connectivity index (χ0) is 11.3. The second-order valence-corrected chi connectivity index (χ2v) is 4.97. The SMILES string of the molecule is CC(Cl)c1nc2cc(F)ccc2n1C1CC1. The first-order valence-corrected chi connectivity index (χ1v) is 5.92. The van der Waals surface area contributed by atoms with Gasteiger partial charge in [-0.1, -0.05) is 0 Å². The summed E-state index contributed by atoms with van der Waals surface area (Å²) in [4.78, 5) is 4.43. The smallest absolute Gasteiger partial charge is 0.127 e. The maximum atomic E-state index is 13.1. The summed E-state index contributed by atoms with van der Waals surface area (Å²) < 4.78 is 15.3. The molecule has 0 amide bonds. The molecular weight excluding hydrogens is 227 g/mol. The third kappa shape index (κ3) is 1.50. The van der Waals surface area contributed by atoms with Crippen LogP contribution in [0.15, 0.2) is 18.2 Å². The lowest BCUT2D eigenvalue weighted by atomic mass is 10.3. The molecule has 1 unspecified atom stereocenters. The van der Waals surface area contributed by atoms with E-state index >= 15 is 0 Å². The van der Waals surface area contributed by atoms with Crippen LogP contribution in [0.5, 0.6) is 0 Å². The van der Waals surface area contributed by atoms with E-state index in [1.807, 2.05) is 6.92 Å². The van der Waals surface area contributed by atoms with E-state index in [2.05, 4.69) is 9.55 Å². The number of fused-ring (bicyclic) bond motifs is 1. The Morgan fingerprint density at radius 2 is 2.25 bits per heavy atom. The van der Waals surface area contributed by atoms with Crippen molar-refractivity contribution in [3.05, 3.63) is 29.8 Å². The predicted octanol–water partition coefficient (Wildman–Crippen LogP) is 3.81. The van der Waals surface area contributed by atoms with Gasteiger partial charge in [-0.25, -0.2) is 9.37 Å². The highest BCUT2D eigenvalue weighted by Gasteiger charge is 2.29. The lowest BCUT2D eigenvalue weighted by Gasteiger charge is -2.08. The van der Waals surface area contributed by atoms with Gasteiger partial charge in [-0.05, 0) is 31.9 Å². The Morgan fingerprint density at radius 3 is 2.88 bits per heavy atom. The third-order valence-electron chi connectivity index (χ3n) is 2.95. The average molecular weight is 239 g/mol. The summed E-state index contributed by atoms with van der Waals surface area (Å²) in [5.41, 5.74) is 1.70. The fourth-order valence-electron chi connectivity index (χ4n) is 2.09. The molecule has 1 aromatic heterocycles. The van der Waals surface area contributed by atoms with E-state index in [-0.39, 0.29) is 11.2 Å². The van der Waals surface area contributed by atoms with Gasteiger partial charge < -0.3 is 4.57 Å². The molecule has 0 radical (unpaired) electrons. The predicted molar refractivity (Wildman–Crippen MR) is 62.2 cm³/mol. The van der Waals surface area contributed by atoms with Crippen molar-refractivity contribution < 1.29 is 4.39 Å². The van der Waals surface area contributed by atoms with Crippen molar-refractivity contribution >= 4 is 22.6 Å². The van der Waals surface area contributed by atoms with Crippen LogP contribution in [0.3, 0.4) is 0 Å². The molecule has 1 aromatic carbocycles. The number of halogens is 2. The van der Waals surface area contributed by atoms with Crippen LogP contribution in [-0.4, -0.2) is 9.55 Å². The highest BCUT2D eigenvalue weighted by Crippen LogP contribution is 2.40. The molecule has 0 spiro atoms. The van der Waals surface area contributed by atoms with Gasteiger partial charge in [0.15, 0.2) is 0 Å². The van der Waals surface area contributed by atoms with E-state index in [9.17, 15) is 4.39 Å². The van der Waals surface area contributed by atoms with Gasteiger partial charge >= 0.3 is 0 Å². The number of imidazole rings is 1. The third-order valence-corrected chi connectivity index (χ3v) is 3.14. The molecule has 1 saturated carbocycles. The highest BCUT2D eigenvalue weighted by molar-refractivity contribution is 6.20. The van der Waals surface area contributed by atoms with Crippen molar-refractivity contribution in [2.24, 2.45) is 0 Å². The lowest BCUT2D eigenvalue weighted by Crippen LogP contribution is -2.01. The van der Waals surface area contributed by atoms with Crippen molar-refractivity contribution in [3.63, 3.8) is 0 Å². The van der Waals surface area contributed by atoms with Crippen molar-refractivity contribution in [2.75, 3.05) is 0 Å². The van der Waals surface area contributed by atoms with Gasteiger partial charge in [-0.2, -0.15) is 0 Å². The second-order valence-electron chi connectivity index (χ2n) is 4.32. The van der Waals surface area contributed by atoms with Crippen molar-refractivity contribution in [2.45, 2.75) is 31.2 Å². The minimum absolute atomic E-state index is 0.143. The van der Waals surface area contributed by atoms with Gasteiger partial charge in [-0.3, -0.25) is 0 Å². The molecule has 0 aliphatic heterocycles. The van der Waals surface area contributed by atoms with Gasteiger partial charge in [0.25, 0.3) is 0 Å². The van der Waals surface area contributed by atoms with Gasteiger partial charge in [0.05, 0.1) is 16.4 Å². The standard InChI is InChI=1S/C12H12ClFN2/c1-7(13)12-15-10-6-8(14)2-5-11(10)16(12)9-3-4-9/h2,5-7,9H,3-4H2,1H3. The molecule has 16 heavy (non-hydrogen) atoms. The number of aromatic nitrogens is 2. The van der Waals surface area contributed by atoms with Crippen LogP contribution in [0.25, 0.3) is 11.0 Å². The first-order chi connectivity index (χ1) is 7.66. The van der Waals surface area contributed by atoms with E-state index in [1.54, 1.807) is 6.07 Å². The van der Waals surface area contributed by atoms with E-state index in [0.29, 0.717) is 11.6 Å². The van der Waals surface area contributed by atoms with E-state index in [1.165, 1.54) is 25.0 Å². The number of hydrogen-bond donors (Lipinski definition) is 0. The second kappa shape index (κ2) is 3.45. The Bertz CT molecular complexity index is 543. The summed E-state index contributed by atoms with van der Waals surface area (Å²) in [7, 11) is 0. The van der Waals surface area contributed by atoms with Crippen LogP contribution in [0.1, 0.15) is 37.0 Å². The van der Waals surface area contributed by atoms with Gasteiger partial charge in [-0.15, -0.1) is 11.6 Å². The highest BCUT2D eigenvalue weighted by atomic mass is 35.5. The van der Waals surface area contributed by atoms with E-state index in [4.69, 9.17) is 11.6 Å². The molecule has 1 heterocycles. The van der Waals surface area contributed by atoms with Gasteiger partial charge in [0.2, 0.25) is 0 Å². The Hall–Kier alpha value is -1.09. The maximum Gasteiger partial charge on any atom is 0.127 e. The van der Waals surface area contributed by atoms with Crippen LogP contribution >= 0.6 is 11.6 Å². The molecule has 2 aromatic rings. The van der Waals surface area contributed by atoms with Crippen LogP contribution in [-0.2, 0) is 0 Å². The summed E-state index contributed by atoms with van der Waals surface area (Å²) in [6.45, 7) is 1.90. The molecule has 4 heteroatoms. The minimum Gasteiger partial charge on any atom is -0.324 e.